The summed E-state index contributed by atoms with van der Waals surface area (Å²) >= 11 is 2.25. The summed E-state index contributed by atoms with van der Waals surface area (Å²) in [6.45, 7) is 6.90. The quantitative estimate of drug-likeness (QED) is 0.755. The fourth-order valence-electron chi connectivity index (χ4n) is 3.12. The number of rotatable bonds is 3. The second-order valence-corrected chi connectivity index (χ2v) is 7.46. The van der Waals surface area contributed by atoms with Gasteiger partial charge in [-0.1, -0.05) is 35.9 Å². The molecule has 120 valence electrons. The van der Waals surface area contributed by atoms with E-state index in [-0.39, 0.29) is 5.91 Å². The lowest BCUT2D eigenvalue weighted by Crippen LogP contribution is -3.13. The molecule has 2 aromatic rings. The third-order valence-corrected chi connectivity index (χ3v) is 5.04. The lowest BCUT2D eigenvalue weighted by Gasteiger charge is -2.32. The summed E-state index contributed by atoms with van der Waals surface area (Å²) in [6, 6.07) is 16.6. The van der Waals surface area contributed by atoms with Gasteiger partial charge in [0.2, 0.25) is 0 Å². The fraction of sp³-hybridized carbons (Fsp3) is 0.316. The fourth-order valence-corrected chi connectivity index (χ4v) is 3.66. The van der Waals surface area contributed by atoms with E-state index in [9.17, 15) is 4.79 Å². The van der Waals surface area contributed by atoms with Crippen LogP contribution in [-0.2, 0) is 6.54 Å². The number of aryl methyl sites for hydroxylation is 1. The van der Waals surface area contributed by atoms with E-state index in [2.05, 4.69) is 53.8 Å². The molecule has 1 fully saturated rings. The molecule has 0 aromatic heterocycles. The van der Waals surface area contributed by atoms with E-state index in [4.69, 9.17) is 0 Å². The average molecular weight is 421 g/mol. The van der Waals surface area contributed by atoms with Gasteiger partial charge in [0.1, 0.15) is 6.54 Å². The molecule has 0 radical (unpaired) electrons. The number of carbonyl (C=O) groups is 1. The van der Waals surface area contributed by atoms with Crippen LogP contribution in [0.3, 0.4) is 0 Å². The molecule has 2 aromatic carbocycles. The first kappa shape index (κ1) is 16.5. The van der Waals surface area contributed by atoms with Gasteiger partial charge in [-0.25, -0.2) is 0 Å². The lowest BCUT2D eigenvalue weighted by molar-refractivity contribution is -0.917. The van der Waals surface area contributed by atoms with Crippen molar-refractivity contribution in [3.05, 3.63) is 68.8 Å². The van der Waals surface area contributed by atoms with Crippen LogP contribution >= 0.6 is 22.6 Å². The third-order valence-electron chi connectivity index (χ3n) is 4.37. The second kappa shape index (κ2) is 7.45. The SMILES string of the molecule is Cc1cccc(C[NH+]2CCN(C(=O)c3cccc(I)c3)CC2)c1. The zero-order valence-corrected chi connectivity index (χ0v) is 15.5. The summed E-state index contributed by atoms with van der Waals surface area (Å²) in [7, 11) is 0. The normalized spacial score (nSPS) is 15.7. The minimum atomic E-state index is 0.165. The maximum atomic E-state index is 12.6. The van der Waals surface area contributed by atoms with Crippen molar-refractivity contribution in [2.45, 2.75) is 13.5 Å². The van der Waals surface area contributed by atoms with E-state index in [1.807, 2.05) is 29.2 Å². The van der Waals surface area contributed by atoms with Crippen LogP contribution in [-0.4, -0.2) is 37.0 Å². The summed E-state index contributed by atoms with van der Waals surface area (Å²) in [6.07, 6.45) is 0. The van der Waals surface area contributed by atoms with Crippen molar-refractivity contribution in [3.8, 4) is 0 Å². The van der Waals surface area contributed by atoms with E-state index in [0.29, 0.717) is 0 Å². The molecule has 1 heterocycles. The standard InChI is InChI=1S/C19H21IN2O/c1-15-4-2-5-16(12-15)14-21-8-10-22(11-9-21)19(23)17-6-3-7-18(20)13-17/h2-7,12-13H,8-11,14H2,1H3/p+1. The highest BCUT2D eigenvalue weighted by Gasteiger charge is 2.24. The molecule has 0 unspecified atom stereocenters. The molecule has 0 atom stereocenters. The first-order valence-corrected chi connectivity index (χ1v) is 9.13. The Labute approximate surface area is 151 Å². The van der Waals surface area contributed by atoms with E-state index < -0.39 is 0 Å². The number of quaternary nitrogens is 1. The Hall–Kier alpha value is -1.40. The number of benzene rings is 2. The van der Waals surface area contributed by atoms with Crippen molar-refractivity contribution in [3.63, 3.8) is 0 Å². The highest BCUT2D eigenvalue weighted by Crippen LogP contribution is 2.10. The molecule has 0 saturated carbocycles. The van der Waals surface area contributed by atoms with Gasteiger partial charge in [-0.2, -0.15) is 0 Å². The smallest absolute Gasteiger partial charge is 0.254 e. The topological polar surface area (TPSA) is 24.8 Å². The zero-order chi connectivity index (χ0) is 16.2. The first-order valence-electron chi connectivity index (χ1n) is 8.06. The van der Waals surface area contributed by atoms with Crippen LogP contribution in [0, 0.1) is 10.5 Å². The van der Waals surface area contributed by atoms with Crippen molar-refractivity contribution < 1.29 is 9.69 Å². The summed E-state index contributed by atoms with van der Waals surface area (Å²) in [4.78, 5) is 16.1. The van der Waals surface area contributed by atoms with Gasteiger partial charge in [0.05, 0.1) is 26.2 Å². The monoisotopic (exact) mass is 421 g/mol. The molecule has 1 saturated heterocycles. The van der Waals surface area contributed by atoms with Gasteiger partial charge in [-0.3, -0.25) is 4.79 Å². The summed E-state index contributed by atoms with van der Waals surface area (Å²) in [5, 5.41) is 0. The van der Waals surface area contributed by atoms with Crippen LogP contribution in [0.1, 0.15) is 21.5 Å². The Morgan fingerprint density at radius 3 is 2.57 bits per heavy atom. The first-order chi connectivity index (χ1) is 11.1. The number of halogens is 1. The summed E-state index contributed by atoms with van der Waals surface area (Å²) < 4.78 is 1.11. The van der Waals surface area contributed by atoms with Gasteiger partial charge < -0.3 is 9.80 Å². The van der Waals surface area contributed by atoms with Gasteiger partial charge >= 0.3 is 0 Å². The molecule has 1 N–H and O–H groups in total. The Morgan fingerprint density at radius 2 is 1.87 bits per heavy atom. The third kappa shape index (κ3) is 4.32. The molecule has 1 aliphatic rings. The Balaban J connectivity index is 1.57. The van der Waals surface area contributed by atoms with Crippen molar-refractivity contribution in [2.75, 3.05) is 26.2 Å². The van der Waals surface area contributed by atoms with Crippen molar-refractivity contribution in [1.82, 2.24) is 4.90 Å². The molecule has 3 rings (SSSR count). The number of nitrogens with zero attached hydrogens (tertiary/aromatic N) is 1. The predicted molar refractivity (Wildman–Crippen MR) is 101 cm³/mol. The highest BCUT2D eigenvalue weighted by atomic mass is 127. The molecular weight excluding hydrogens is 399 g/mol. The number of piperazine rings is 1. The van der Waals surface area contributed by atoms with Gasteiger partial charge in [0.15, 0.2) is 0 Å². The van der Waals surface area contributed by atoms with Crippen LogP contribution in [0.5, 0.6) is 0 Å². The van der Waals surface area contributed by atoms with Crippen LogP contribution in [0.2, 0.25) is 0 Å². The minimum Gasteiger partial charge on any atom is -0.328 e. The van der Waals surface area contributed by atoms with Gasteiger partial charge in [0.25, 0.3) is 5.91 Å². The van der Waals surface area contributed by atoms with Gasteiger partial charge in [-0.05, 0) is 47.7 Å². The molecule has 1 amide bonds. The zero-order valence-electron chi connectivity index (χ0n) is 13.4. The van der Waals surface area contributed by atoms with Gasteiger partial charge in [0, 0.05) is 14.7 Å². The molecule has 0 aliphatic carbocycles. The van der Waals surface area contributed by atoms with Crippen LogP contribution in [0.4, 0.5) is 0 Å². The summed E-state index contributed by atoms with van der Waals surface area (Å²) in [5.74, 6) is 0.165. The summed E-state index contributed by atoms with van der Waals surface area (Å²) in [5.41, 5.74) is 3.51. The van der Waals surface area contributed by atoms with E-state index in [0.717, 1.165) is 41.9 Å². The molecule has 0 spiro atoms. The van der Waals surface area contributed by atoms with Crippen LogP contribution in [0.25, 0.3) is 0 Å². The number of amides is 1. The lowest BCUT2D eigenvalue weighted by atomic mass is 10.1. The predicted octanol–water partition coefficient (Wildman–Crippen LogP) is 2.14. The maximum absolute atomic E-state index is 12.6. The molecule has 23 heavy (non-hydrogen) atoms. The van der Waals surface area contributed by atoms with E-state index >= 15 is 0 Å². The van der Waals surface area contributed by atoms with Crippen LogP contribution in [0.15, 0.2) is 48.5 Å². The maximum Gasteiger partial charge on any atom is 0.254 e. The Bertz CT molecular complexity index is 693. The highest BCUT2D eigenvalue weighted by molar-refractivity contribution is 14.1. The second-order valence-electron chi connectivity index (χ2n) is 6.22. The van der Waals surface area contributed by atoms with Crippen LogP contribution < -0.4 is 4.90 Å². The Kier molecular flexibility index (Phi) is 5.33. The minimum absolute atomic E-state index is 0.165. The molecule has 0 bridgehead atoms. The van der Waals surface area contributed by atoms with Crippen molar-refractivity contribution in [1.29, 1.82) is 0 Å². The van der Waals surface area contributed by atoms with E-state index in [1.165, 1.54) is 11.1 Å². The van der Waals surface area contributed by atoms with Gasteiger partial charge in [-0.15, -0.1) is 0 Å². The number of nitrogens with one attached hydrogen (secondary N) is 1. The largest absolute Gasteiger partial charge is 0.328 e. The molecule has 3 nitrogen and oxygen atoms in total. The number of carbonyl (C=O) groups excluding carboxylic acids is 1. The average Bonchev–Trinajstić information content (AvgIpc) is 2.55. The molecular formula is C19H22IN2O+. The van der Waals surface area contributed by atoms with Crippen molar-refractivity contribution in [2.24, 2.45) is 0 Å². The Morgan fingerprint density at radius 1 is 1.13 bits per heavy atom. The van der Waals surface area contributed by atoms with E-state index in [1.54, 1.807) is 4.90 Å². The number of hydrogen-bond donors (Lipinski definition) is 1. The molecule has 1 aliphatic heterocycles. The number of hydrogen-bond acceptors (Lipinski definition) is 1. The van der Waals surface area contributed by atoms with Crippen molar-refractivity contribution >= 4 is 28.5 Å². The molecule has 4 heteroatoms.